The first-order valence-corrected chi connectivity index (χ1v) is 6.23. The maximum absolute atomic E-state index is 11.3. The van der Waals surface area contributed by atoms with E-state index in [0.29, 0.717) is 0 Å². The molecular formula is C5H9N2O2PS. The lowest BCUT2D eigenvalue weighted by Crippen LogP contribution is -2.26. The first kappa shape index (κ1) is 8.68. The SMILES string of the molecule is CN1C(=O)N(C)P(C)(=S)C1=O. The van der Waals surface area contributed by atoms with Gasteiger partial charge in [-0.3, -0.25) is 14.4 Å². The van der Waals surface area contributed by atoms with Gasteiger partial charge >= 0.3 is 6.03 Å². The standard InChI is InChI=1S/C5H9N2O2PS/c1-6-4(8)7(2)10(3,11)5(6)9/h1-3H3. The molecule has 11 heavy (non-hydrogen) atoms. The Balaban J connectivity index is 3.17. The molecule has 1 rings (SSSR count). The summed E-state index contributed by atoms with van der Waals surface area (Å²) in [4.78, 5) is 23.5. The van der Waals surface area contributed by atoms with Crippen LogP contribution in [0.5, 0.6) is 0 Å². The Hall–Kier alpha value is -0.410. The summed E-state index contributed by atoms with van der Waals surface area (Å²) in [6.45, 7) is 1.66. The van der Waals surface area contributed by atoms with Crippen LogP contribution in [-0.4, -0.2) is 42.0 Å². The summed E-state index contributed by atoms with van der Waals surface area (Å²) in [5.41, 5.74) is -0.222. The van der Waals surface area contributed by atoms with Gasteiger partial charge in [0.2, 0.25) is 0 Å². The van der Waals surface area contributed by atoms with E-state index in [1.54, 1.807) is 13.7 Å². The van der Waals surface area contributed by atoms with Gasteiger partial charge in [-0.1, -0.05) is 11.8 Å². The minimum Gasteiger partial charge on any atom is -0.292 e. The Labute approximate surface area is 70.2 Å². The predicted octanol–water partition coefficient (Wildman–Crippen LogP) is 1.13. The monoisotopic (exact) mass is 192 g/mol. The van der Waals surface area contributed by atoms with Crippen LogP contribution >= 0.6 is 6.19 Å². The average Bonchev–Trinajstić information content (AvgIpc) is 2.06. The van der Waals surface area contributed by atoms with Gasteiger partial charge in [0.1, 0.15) is 6.19 Å². The van der Waals surface area contributed by atoms with Crippen LogP contribution in [0.3, 0.4) is 0 Å². The van der Waals surface area contributed by atoms with Crippen molar-refractivity contribution in [1.82, 2.24) is 9.57 Å². The van der Waals surface area contributed by atoms with Crippen LogP contribution in [-0.2, 0) is 11.8 Å². The van der Waals surface area contributed by atoms with E-state index in [1.807, 2.05) is 0 Å². The van der Waals surface area contributed by atoms with E-state index in [0.717, 1.165) is 4.90 Å². The molecule has 0 aliphatic carbocycles. The van der Waals surface area contributed by atoms with Gasteiger partial charge in [-0.05, 0) is 6.66 Å². The second kappa shape index (κ2) is 2.29. The number of hydrogen-bond acceptors (Lipinski definition) is 3. The fraction of sp³-hybridized carbons (Fsp3) is 0.600. The largest absolute Gasteiger partial charge is 0.330 e. The third-order valence-electron chi connectivity index (χ3n) is 1.78. The molecule has 62 valence electrons. The number of urea groups is 1. The summed E-state index contributed by atoms with van der Waals surface area (Å²) >= 11 is 5.03. The zero-order chi connectivity index (χ0) is 8.81. The number of carbonyl (C=O) groups is 2. The third kappa shape index (κ3) is 0.993. The molecule has 6 heteroatoms. The molecule has 0 aromatic heterocycles. The molecule has 0 N–H and O–H groups in total. The highest BCUT2D eigenvalue weighted by molar-refractivity contribution is 8.21. The average molecular weight is 192 g/mol. The molecule has 1 aliphatic heterocycles. The van der Waals surface area contributed by atoms with E-state index in [2.05, 4.69) is 0 Å². The Morgan fingerprint density at radius 3 is 1.91 bits per heavy atom. The van der Waals surface area contributed by atoms with Crippen LogP contribution in [0, 0.1) is 0 Å². The number of rotatable bonds is 0. The van der Waals surface area contributed by atoms with Crippen LogP contribution in [0.4, 0.5) is 9.59 Å². The second-order valence-corrected chi connectivity index (χ2v) is 7.40. The lowest BCUT2D eigenvalue weighted by atomic mass is 10.8. The van der Waals surface area contributed by atoms with Gasteiger partial charge in [0.05, 0.1) is 0 Å². The first-order valence-electron chi connectivity index (χ1n) is 3.03. The molecule has 0 aromatic carbocycles. The molecule has 0 spiro atoms. The summed E-state index contributed by atoms with van der Waals surface area (Å²) in [7, 11) is 3.03. The summed E-state index contributed by atoms with van der Waals surface area (Å²) < 4.78 is 1.37. The van der Waals surface area contributed by atoms with E-state index in [9.17, 15) is 9.59 Å². The van der Waals surface area contributed by atoms with Crippen molar-refractivity contribution in [1.29, 1.82) is 0 Å². The zero-order valence-corrected chi connectivity index (χ0v) is 8.28. The molecular weight excluding hydrogens is 183 g/mol. The van der Waals surface area contributed by atoms with Crippen LogP contribution in [0.15, 0.2) is 0 Å². The van der Waals surface area contributed by atoms with Gasteiger partial charge in [0, 0.05) is 14.1 Å². The quantitative estimate of drug-likeness (QED) is 0.540. The van der Waals surface area contributed by atoms with Crippen LogP contribution in [0.1, 0.15) is 0 Å². The molecule has 0 radical (unpaired) electrons. The van der Waals surface area contributed by atoms with Gasteiger partial charge in [0.25, 0.3) is 5.65 Å². The number of amides is 3. The number of nitrogens with zero attached hydrogens (tertiary/aromatic N) is 2. The van der Waals surface area contributed by atoms with E-state index < -0.39 is 6.19 Å². The topological polar surface area (TPSA) is 40.6 Å². The predicted molar refractivity (Wildman–Crippen MR) is 46.5 cm³/mol. The summed E-state index contributed by atoms with van der Waals surface area (Å²) in [6.07, 6.45) is -2.23. The van der Waals surface area contributed by atoms with Crippen molar-refractivity contribution in [3.05, 3.63) is 0 Å². The number of imide groups is 1. The Morgan fingerprint density at radius 1 is 1.36 bits per heavy atom. The van der Waals surface area contributed by atoms with Gasteiger partial charge < -0.3 is 0 Å². The number of hydrogen-bond donors (Lipinski definition) is 0. The summed E-state index contributed by atoms with van der Waals surface area (Å²) in [5, 5.41) is 0. The number of carbonyl (C=O) groups excluding carboxylic acids is 2. The molecule has 3 amide bonds. The van der Waals surface area contributed by atoms with Crippen molar-refractivity contribution >= 4 is 29.7 Å². The van der Waals surface area contributed by atoms with E-state index in [4.69, 9.17) is 11.8 Å². The molecule has 1 unspecified atom stereocenters. The normalized spacial score (nSPS) is 31.9. The van der Waals surface area contributed by atoms with E-state index in [1.165, 1.54) is 11.7 Å². The Morgan fingerprint density at radius 2 is 1.82 bits per heavy atom. The first-order chi connectivity index (χ1) is 4.89. The van der Waals surface area contributed by atoms with Crippen molar-refractivity contribution in [2.24, 2.45) is 0 Å². The van der Waals surface area contributed by atoms with Crippen LogP contribution < -0.4 is 0 Å². The molecule has 1 atom stereocenters. The zero-order valence-electron chi connectivity index (χ0n) is 6.57. The van der Waals surface area contributed by atoms with Gasteiger partial charge in [-0.25, -0.2) is 4.79 Å². The van der Waals surface area contributed by atoms with Crippen LogP contribution in [0.2, 0.25) is 0 Å². The second-order valence-electron chi connectivity index (χ2n) is 2.53. The molecule has 0 aromatic rings. The van der Waals surface area contributed by atoms with Crippen LogP contribution in [0.25, 0.3) is 0 Å². The summed E-state index contributed by atoms with van der Waals surface area (Å²) in [5.74, 6) is 0. The molecule has 1 fully saturated rings. The molecule has 4 nitrogen and oxygen atoms in total. The van der Waals surface area contributed by atoms with Gasteiger partial charge in [-0.15, -0.1) is 0 Å². The molecule has 1 aliphatic rings. The Bertz CT molecular complexity index is 278. The van der Waals surface area contributed by atoms with Crippen molar-refractivity contribution in [2.45, 2.75) is 0 Å². The van der Waals surface area contributed by atoms with E-state index >= 15 is 0 Å². The van der Waals surface area contributed by atoms with Crippen molar-refractivity contribution in [3.8, 4) is 0 Å². The van der Waals surface area contributed by atoms with Crippen molar-refractivity contribution in [3.63, 3.8) is 0 Å². The third-order valence-corrected chi connectivity index (χ3v) is 5.31. The van der Waals surface area contributed by atoms with Crippen molar-refractivity contribution in [2.75, 3.05) is 20.8 Å². The van der Waals surface area contributed by atoms with Crippen molar-refractivity contribution < 1.29 is 9.59 Å². The van der Waals surface area contributed by atoms with Gasteiger partial charge in [0.15, 0.2) is 0 Å². The lowest BCUT2D eigenvalue weighted by molar-refractivity contribution is 0.204. The maximum Gasteiger partial charge on any atom is 0.330 e. The fourth-order valence-electron chi connectivity index (χ4n) is 0.869. The smallest absolute Gasteiger partial charge is 0.292 e. The molecule has 0 bridgehead atoms. The highest BCUT2D eigenvalue weighted by atomic mass is 32.4. The van der Waals surface area contributed by atoms with Gasteiger partial charge in [-0.2, -0.15) is 0 Å². The highest BCUT2D eigenvalue weighted by Gasteiger charge is 2.43. The minimum atomic E-state index is -2.23. The molecule has 0 saturated carbocycles. The highest BCUT2D eigenvalue weighted by Crippen LogP contribution is 2.52. The maximum atomic E-state index is 11.3. The fourth-order valence-corrected chi connectivity index (χ4v) is 2.81. The molecule has 1 heterocycles. The lowest BCUT2D eigenvalue weighted by Gasteiger charge is -2.13. The Kier molecular flexibility index (Phi) is 1.81. The van der Waals surface area contributed by atoms with E-state index in [-0.39, 0.29) is 11.7 Å². The summed E-state index contributed by atoms with van der Waals surface area (Å²) in [6, 6.07) is -0.291. The molecule has 1 saturated heterocycles. The minimum absolute atomic E-state index is 0.222.